The molecular weight excluding hydrogens is 352 g/mol. The van der Waals surface area contributed by atoms with Gasteiger partial charge in [-0.05, 0) is 43.5 Å². The number of nitrogens with one attached hydrogen (secondary N) is 1. The molecule has 1 fully saturated rings. The molecule has 3 rings (SSSR count). The topological polar surface area (TPSA) is 119 Å². The van der Waals surface area contributed by atoms with Gasteiger partial charge < -0.3 is 10.2 Å². The van der Waals surface area contributed by atoms with E-state index in [1.54, 1.807) is 19.1 Å². The normalized spacial score (nSPS) is 13.4. The average Bonchev–Trinajstić information content (AvgIpc) is 3.17. The molecule has 0 aromatic heterocycles. The zero-order valence-corrected chi connectivity index (χ0v) is 14.7. The number of anilines is 2. The standard InChI is InChI=1S/C18H18N4O5/c1-12-10-14(21(24)25)5-6-15(12)19-18(23)13-4-7-16(17(11-13)22(26)27)20-8-2-3-9-20/h4-7,10-11H,2-3,8-9H2,1H3,(H,19,23). The van der Waals surface area contributed by atoms with Gasteiger partial charge in [-0.1, -0.05) is 0 Å². The van der Waals surface area contributed by atoms with Gasteiger partial charge >= 0.3 is 0 Å². The Morgan fingerprint density at radius 3 is 2.33 bits per heavy atom. The van der Waals surface area contributed by atoms with E-state index in [4.69, 9.17) is 0 Å². The molecule has 1 heterocycles. The first-order valence-corrected chi connectivity index (χ1v) is 8.46. The number of aryl methyl sites for hydroxylation is 1. The number of hydrogen-bond donors (Lipinski definition) is 1. The highest BCUT2D eigenvalue weighted by Gasteiger charge is 2.24. The van der Waals surface area contributed by atoms with E-state index in [2.05, 4.69) is 5.32 Å². The average molecular weight is 370 g/mol. The minimum Gasteiger partial charge on any atom is -0.366 e. The number of amides is 1. The fourth-order valence-electron chi connectivity index (χ4n) is 3.13. The van der Waals surface area contributed by atoms with Gasteiger partial charge in [0.05, 0.1) is 9.85 Å². The second-order valence-corrected chi connectivity index (χ2v) is 6.37. The number of carbonyl (C=O) groups excluding carboxylic acids is 1. The van der Waals surface area contributed by atoms with Crippen LogP contribution in [-0.4, -0.2) is 28.8 Å². The summed E-state index contributed by atoms with van der Waals surface area (Å²) in [5.74, 6) is -0.511. The SMILES string of the molecule is Cc1cc([N+](=O)[O-])ccc1NC(=O)c1ccc(N2CCCC2)c([N+](=O)[O-])c1. The molecule has 2 aromatic carbocycles. The molecule has 0 aliphatic carbocycles. The molecule has 1 saturated heterocycles. The lowest BCUT2D eigenvalue weighted by atomic mass is 10.1. The van der Waals surface area contributed by atoms with E-state index in [0.29, 0.717) is 16.9 Å². The van der Waals surface area contributed by atoms with Gasteiger partial charge in [-0.2, -0.15) is 0 Å². The van der Waals surface area contributed by atoms with Crippen molar-refractivity contribution in [1.29, 1.82) is 0 Å². The number of rotatable bonds is 5. The van der Waals surface area contributed by atoms with Crippen molar-refractivity contribution in [3.8, 4) is 0 Å². The van der Waals surface area contributed by atoms with E-state index < -0.39 is 15.8 Å². The third-order valence-electron chi connectivity index (χ3n) is 4.55. The maximum Gasteiger partial charge on any atom is 0.293 e. The number of benzene rings is 2. The summed E-state index contributed by atoms with van der Waals surface area (Å²) in [6.07, 6.45) is 1.97. The van der Waals surface area contributed by atoms with Crippen molar-refractivity contribution in [3.05, 3.63) is 67.8 Å². The molecule has 1 N–H and O–H groups in total. The first-order valence-electron chi connectivity index (χ1n) is 8.46. The summed E-state index contributed by atoms with van der Waals surface area (Å²) in [5.41, 5.74) is 1.43. The summed E-state index contributed by atoms with van der Waals surface area (Å²) in [4.78, 5) is 35.7. The fourth-order valence-corrected chi connectivity index (χ4v) is 3.13. The van der Waals surface area contributed by atoms with Crippen LogP contribution in [-0.2, 0) is 0 Å². The van der Waals surface area contributed by atoms with Gasteiger partial charge in [0.25, 0.3) is 17.3 Å². The minimum absolute atomic E-state index is 0.0731. The number of nitrogens with zero attached hydrogens (tertiary/aromatic N) is 3. The lowest BCUT2D eigenvalue weighted by molar-refractivity contribution is -0.384. The van der Waals surface area contributed by atoms with E-state index in [1.807, 2.05) is 4.90 Å². The first-order chi connectivity index (χ1) is 12.9. The Morgan fingerprint density at radius 1 is 1.04 bits per heavy atom. The number of carbonyl (C=O) groups is 1. The maximum atomic E-state index is 12.5. The van der Waals surface area contributed by atoms with Gasteiger partial charge in [-0.25, -0.2) is 0 Å². The molecule has 140 valence electrons. The molecule has 1 aliphatic rings. The quantitative estimate of drug-likeness (QED) is 0.634. The third-order valence-corrected chi connectivity index (χ3v) is 4.55. The van der Waals surface area contributed by atoms with Gasteiger partial charge in [0.1, 0.15) is 5.69 Å². The van der Waals surface area contributed by atoms with Gasteiger partial charge in [0.2, 0.25) is 0 Å². The number of non-ortho nitro benzene ring substituents is 1. The predicted octanol–water partition coefficient (Wildman–Crippen LogP) is 3.66. The Hall–Kier alpha value is -3.49. The number of nitro groups is 2. The molecule has 0 saturated carbocycles. The first kappa shape index (κ1) is 18.3. The largest absolute Gasteiger partial charge is 0.366 e. The van der Waals surface area contributed by atoms with Gasteiger partial charge in [0, 0.05) is 42.5 Å². The van der Waals surface area contributed by atoms with Crippen LogP contribution in [0, 0.1) is 27.2 Å². The van der Waals surface area contributed by atoms with Crippen LogP contribution >= 0.6 is 0 Å². The van der Waals surface area contributed by atoms with Crippen molar-refractivity contribution in [2.24, 2.45) is 0 Å². The highest BCUT2D eigenvalue weighted by Crippen LogP contribution is 2.32. The predicted molar refractivity (Wildman–Crippen MR) is 100 cm³/mol. The van der Waals surface area contributed by atoms with Crippen molar-refractivity contribution in [2.75, 3.05) is 23.3 Å². The van der Waals surface area contributed by atoms with Gasteiger partial charge in [-0.3, -0.25) is 25.0 Å². The van der Waals surface area contributed by atoms with E-state index >= 15 is 0 Å². The molecule has 1 aliphatic heterocycles. The summed E-state index contributed by atoms with van der Waals surface area (Å²) in [6, 6.07) is 8.51. The Bertz CT molecular complexity index is 922. The van der Waals surface area contributed by atoms with Crippen LogP contribution < -0.4 is 10.2 Å². The molecule has 0 atom stereocenters. The lowest BCUT2D eigenvalue weighted by Gasteiger charge is -2.18. The van der Waals surface area contributed by atoms with Crippen LogP contribution in [0.15, 0.2) is 36.4 Å². The van der Waals surface area contributed by atoms with E-state index in [1.165, 1.54) is 24.3 Å². The highest BCUT2D eigenvalue weighted by molar-refractivity contribution is 6.05. The van der Waals surface area contributed by atoms with Crippen LogP contribution in [0.1, 0.15) is 28.8 Å². The molecule has 0 spiro atoms. The van der Waals surface area contributed by atoms with Crippen LogP contribution in [0.25, 0.3) is 0 Å². The maximum absolute atomic E-state index is 12.5. The Labute approximate surface area is 154 Å². The van der Waals surface area contributed by atoms with Gasteiger partial charge in [0.15, 0.2) is 0 Å². The molecule has 1 amide bonds. The Balaban J connectivity index is 1.85. The van der Waals surface area contributed by atoms with E-state index in [9.17, 15) is 25.0 Å². The zero-order valence-electron chi connectivity index (χ0n) is 14.7. The lowest BCUT2D eigenvalue weighted by Crippen LogP contribution is -2.20. The van der Waals surface area contributed by atoms with Gasteiger partial charge in [-0.15, -0.1) is 0 Å². The summed E-state index contributed by atoms with van der Waals surface area (Å²) < 4.78 is 0. The van der Waals surface area contributed by atoms with Crippen LogP contribution in [0.4, 0.5) is 22.7 Å². The van der Waals surface area contributed by atoms with Crippen molar-refractivity contribution in [2.45, 2.75) is 19.8 Å². The second-order valence-electron chi connectivity index (χ2n) is 6.37. The molecule has 0 radical (unpaired) electrons. The zero-order chi connectivity index (χ0) is 19.6. The fraction of sp³-hybridized carbons (Fsp3) is 0.278. The van der Waals surface area contributed by atoms with E-state index in [-0.39, 0.29) is 16.9 Å². The van der Waals surface area contributed by atoms with E-state index in [0.717, 1.165) is 25.9 Å². The molecule has 0 bridgehead atoms. The van der Waals surface area contributed by atoms with Crippen LogP contribution in [0.3, 0.4) is 0 Å². The van der Waals surface area contributed by atoms with Crippen LogP contribution in [0.5, 0.6) is 0 Å². The monoisotopic (exact) mass is 370 g/mol. The molecule has 0 unspecified atom stereocenters. The molecule has 27 heavy (non-hydrogen) atoms. The Kier molecular flexibility index (Phi) is 5.02. The summed E-state index contributed by atoms with van der Waals surface area (Å²) in [6.45, 7) is 3.16. The Morgan fingerprint density at radius 2 is 1.74 bits per heavy atom. The van der Waals surface area contributed by atoms with Crippen LogP contribution in [0.2, 0.25) is 0 Å². The summed E-state index contributed by atoms with van der Waals surface area (Å²) in [5, 5.41) is 24.9. The summed E-state index contributed by atoms with van der Waals surface area (Å²) in [7, 11) is 0. The molecule has 9 nitrogen and oxygen atoms in total. The number of hydrogen-bond acceptors (Lipinski definition) is 6. The third kappa shape index (κ3) is 3.86. The second kappa shape index (κ2) is 7.40. The highest BCUT2D eigenvalue weighted by atomic mass is 16.6. The summed E-state index contributed by atoms with van der Waals surface area (Å²) >= 11 is 0. The molecule has 9 heteroatoms. The molecule has 2 aromatic rings. The van der Waals surface area contributed by atoms with Crippen molar-refractivity contribution < 1.29 is 14.6 Å². The van der Waals surface area contributed by atoms with Crippen molar-refractivity contribution in [3.63, 3.8) is 0 Å². The van der Waals surface area contributed by atoms with Crippen molar-refractivity contribution in [1.82, 2.24) is 0 Å². The molecular formula is C18H18N4O5. The number of nitro benzene ring substituents is 2. The smallest absolute Gasteiger partial charge is 0.293 e. The minimum atomic E-state index is -0.515. The van der Waals surface area contributed by atoms with Crippen molar-refractivity contribution >= 4 is 28.7 Å².